The van der Waals surface area contributed by atoms with Crippen molar-refractivity contribution in [3.8, 4) is 0 Å². The molecule has 0 saturated carbocycles. The Morgan fingerprint density at radius 3 is 1.70 bits per heavy atom. The Bertz CT molecular complexity index is 76.8. The first-order valence-corrected chi connectivity index (χ1v) is 4.34. The highest BCUT2D eigenvalue weighted by atomic mass is 14.9. The van der Waals surface area contributed by atoms with Crippen LogP contribution in [0.1, 0.15) is 41.0 Å². The zero-order valence-corrected chi connectivity index (χ0v) is 7.94. The molecule has 0 aliphatic carbocycles. The maximum Gasteiger partial charge on any atom is 0.00897 e. The van der Waals surface area contributed by atoms with Crippen molar-refractivity contribution in [2.24, 2.45) is 5.92 Å². The lowest BCUT2D eigenvalue weighted by Gasteiger charge is -2.23. The van der Waals surface area contributed by atoms with Crippen molar-refractivity contribution >= 4 is 0 Å². The van der Waals surface area contributed by atoms with Crippen LogP contribution in [0.3, 0.4) is 0 Å². The van der Waals surface area contributed by atoms with Gasteiger partial charge in [0.05, 0.1) is 0 Å². The molecule has 1 atom stereocenters. The van der Waals surface area contributed by atoms with E-state index in [1.807, 2.05) is 0 Å². The molecule has 0 aromatic carbocycles. The summed E-state index contributed by atoms with van der Waals surface area (Å²) in [5, 5.41) is 3.53. The first-order valence-electron chi connectivity index (χ1n) is 4.34. The molecule has 0 aromatic heterocycles. The summed E-state index contributed by atoms with van der Waals surface area (Å²) in [6, 6.07) is 1.31. The van der Waals surface area contributed by atoms with Crippen molar-refractivity contribution in [3.63, 3.8) is 0 Å². The highest BCUT2D eigenvalue weighted by molar-refractivity contribution is 4.70. The molecular formula is C9H21N. The van der Waals surface area contributed by atoms with E-state index >= 15 is 0 Å². The topological polar surface area (TPSA) is 12.0 Å². The van der Waals surface area contributed by atoms with Crippen LogP contribution in [0.5, 0.6) is 0 Å². The van der Waals surface area contributed by atoms with Crippen molar-refractivity contribution in [2.75, 3.05) is 0 Å². The molecule has 1 unspecified atom stereocenters. The first kappa shape index (κ1) is 9.96. The third kappa shape index (κ3) is 3.89. The Hall–Kier alpha value is -0.0400. The molecule has 0 radical (unpaired) electrons. The molecule has 0 heterocycles. The average molecular weight is 143 g/mol. The highest BCUT2D eigenvalue weighted by Gasteiger charge is 2.10. The van der Waals surface area contributed by atoms with Crippen LogP contribution in [0.2, 0.25) is 0 Å². The number of nitrogens with one attached hydrogen (secondary N) is 1. The molecule has 0 spiro atoms. The van der Waals surface area contributed by atoms with Gasteiger partial charge in [0.25, 0.3) is 0 Å². The lowest BCUT2D eigenvalue weighted by Crippen LogP contribution is -2.37. The van der Waals surface area contributed by atoms with E-state index in [0.29, 0.717) is 12.1 Å². The van der Waals surface area contributed by atoms with Gasteiger partial charge in [-0.15, -0.1) is 0 Å². The monoisotopic (exact) mass is 143 g/mol. The van der Waals surface area contributed by atoms with Gasteiger partial charge in [-0.3, -0.25) is 0 Å². The highest BCUT2D eigenvalue weighted by Crippen LogP contribution is 2.05. The molecule has 1 N–H and O–H groups in total. The van der Waals surface area contributed by atoms with E-state index in [1.54, 1.807) is 0 Å². The predicted molar refractivity (Wildman–Crippen MR) is 47.2 cm³/mol. The summed E-state index contributed by atoms with van der Waals surface area (Å²) in [5.74, 6) is 0.757. The summed E-state index contributed by atoms with van der Waals surface area (Å²) < 4.78 is 0. The summed E-state index contributed by atoms with van der Waals surface area (Å²) in [6.07, 6.45) is 1.23. The van der Waals surface area contributed by atoms with E-state index in [4.69, 9.17) is 0 Å². The minimum absolute atomic E-state index is 0.618. The summed E-state index contributed by atoms with van der Waals surface area (Å²) in [4.78, 5) is 0. The smallest absolute Gasteiger partial charge is 0.00897 e. The minimum Gasteiger partial charge on any atom is -0.312 e. The second-order valence-corrected chi connectivity index (χ2v) is 3.58. The summed E-state index contributed by atoms with van der Waals surface area (Å²) >= 11 is 0. The molecule has 0 fully saturated rings. The van der Waals surface area contributed by atoms with Crippen LogP contribution < -0.4 is 5.32 Å². The molecule has 0 aromatic rings. The number of rotatable bonds is 4. The van der Waals surface area contributed by atoms with E-state index in [2.05, 4.69) is 39.9 Å². The van der Waals surface area contributed by atoms with Crippen LogP contribution in [-0.4, -0.2) is 12.1 Å². The van der Waals surface area contributed by atoms with Crippen molar-refractivity contribution in [1.29, 1.82) is 0 Å². The van der Waals surface area contributed by atoms with Crippen molar-refractivity contribution < 1.29 is 0 Å². The molecule has 0 aliphatic heterocycles. The second-order valence-electron chi connectivity index (χ2n) is 3.58. The van der Waals surface area contributed by atoms with Gasteiger partial charge in [0.15, 0.2) is 0 Å². The van der Waals surface area contributed by atoms with E-state index in [-0.39, 0.29) is 0 Å². The lowest BCUT2D eigenvalue weighted by molar-refractivity contribution is 0.362. The lowest BCUT2D eigenvalue weighted by atomic mass is 10.0. The molecule has 0 saturated heterocycles. The van der Waals surface area contributed by atoms with Gasteiger partial charge in [0.2, 0.25) is 0 Å². The van der Waals surface area contributed by atoms with Crippen LogP contribution in [0.25, 0.3) is 0 Å². The van der Waals surface area contributed by atoms with E-state index in [9.17, 15) is 0 Å². The molecule has 0 aliphatic rings. The summed E-state index contributed by atoms with van der Waals surface area (Å²) in [6.45, 7) is 11.2. The zero-order chi connectivity index (χ0) is 8.15. The molecule has 10 heavy (non-hydrogen) atoms. The molecular weight excluding hydrogens is 122 g/mol. The van der Waals surface area contributed by atoms with Crippen molar-refractivity contribution in [3.05, 3.63) is 0 Å². The summed E-state index contributed by atoms with van der Waals surface area (Å²) in [5.41, 5.74) is 0. The fourth-order valence-corrected chi connectivity index (χ4v) is 1.21. The summed E-state index contributed by atoms with van der Waals surface area (Å²) in [7, 11) is 0. The zero-order valence-electron chi connectivity index (χ0n) is 7.94. The fourth-order valence-electron chi connectivity index (χ4n) is 1.21. The minimum atomic E-state index is 0.618. The maximum atomic E-state index is 3.53. The number of hydrogen-bond acceptors (Lipinski definition) is 1. The Morgan fingerprint density at radius 1 is 1.10 bits per heavy atom. The van der Waals surface area contributed by atoms with Gasteiger partial charge in [-0.1, -0.05) is 34.6 Å². The SMILES string of the molecule is CCC(NC(C)C)C(C)C. The van der Waals surface area contributed by atoms with Crippen LogP contribution in [0.15, 0.2) is 0 Å². The van der Waals surface area contributed by atoms with Gasteiger partial charge >= 0.3 is 0 Å². The normalized spacial score (nSPS) is 14.7. The third-order valence-electron chi connectivity index (χ3n) is 1.79. The van der Waals surface area contributed by atoms with Crippen molar-refractivity contribution in [2.45, 2.75) is 53.1 Å². The van der Waals surface area contributed by atoms with E-state index < -0.39 is 0 Å². The largest absolute Gasteiger partial charge is 0.312 e. The van der Waals surface area contributed by atoms with Gasteiger partial charge in [-0.2, -0.15) is 0 Å². The fraction of sp³-hybridized carbons (Fsp3) is 1.00. The first-order chi connectivity index (χ1) is 4.57. The van der Waals surface area contributed by atoms with Gasteiger partial charge in [-0.25, -0.2) is 0 Å². The van der Waals surface area contributed by atoms with Crippen LogP contribution in [0.4, 0.5) is 0 Å². The quantitative estimate of drug-likeness (QED) is 0.637. The molecule has 0 amide bonds. The van der Waals surface area contributed by atoms with E-state index in [0.717, 1.165) is 5.92 Å². The standard InChI is InChI=1S/C9H21N/c1-6-9(7(2)3)10-8(4)5/h7-10H,6H2,1-5H3. The molecule has 0 rings (SSSR count). The third-order valence-corrected chi connectivity index (χ3v) is 1.79. The van der Waals surface area contributed by atoms with Gasteiger partial charge in [0, 0.05) is 12.1 Å². The maximum absolute atomic E-state index is 3.53. The Morgan fingerprint density at radius 2 is 1.60 bits per heavy atom. The predicted octanol–water partition coefficient (Wildman–Crippen LogP) is 2.42. The molecule has 62 valence electrons. The van der Waals surface area contributed by atoms with Crippen LogP contribution in [0, 0.1) is 5.92 Å². The van der Waals surface area contributed by atoms with Gasteiger partial charge in [-0.05, 0) is 12.3 Å². The van der Waals surface area contributed by atoms with Crippen LogP contribution >= 0.6 is 0 Å². The Balaban J connectivity index is 3.60. The molecule has 0 bridgehead atoms. The van der Waals surface area contributed by atoms with Crippen molar-refractivity contribution in [1.82, 2.24) is 5.32 Å². The van der Waals surface area contributed by atoms with E-state index in [1.165, 1.54) is 6.42 Å². The average Bonchev–Trinajstić information content (AvgIpc) is 1.81. The Labute approximate surface area is 65.2 Å². The van der Waals surface area contributed by atoms with Gasteiger partial charge in [0.1, 0.15) is 0 Å². The number of hydrogen-bond donors (Lipinski definition) is 1. The molecule has 1 nitrogen and oxygen atoms in total. The second kappa shape index (κ2) is 4.73. The molecule has 1 heteroatoms. The van der Waals surface area contributed by atoms with Gasteiger partial charge < -0.3 is 5.32 Å². The Kier molecular flexibility index (Phi) is 4.71. The van der Waals surface area contributed by atoms with Crippen LogP contribution in [-0.2, 0) is 0 Å².